The lowest BCUT2D eigenvalue weighted by atomic mass is 9.87. The normalized spacial score (nSPS) is 12.4. The summed E-state index contributed by atoms with van der Waals surface area (Å²) in [5, 5.41) is 3.31. The van der Waals surface area contributed by atoms with Crippen molar-refractivity contribution in [2.24, 2.45) is 0 Å². The maximum atomic E-state index is 12.5. The minimum absolute atomic E-state index is 0.0113. The van der Waals surface area contributed by atoms with Gasteiger partial charge < -0.3 is 14.5 Å². The number of amides is 1. The van der Waals surface area contributed by atoms with Crippen LogP contribution < -0.4 is 15.7 Å². The van der Waals surface area contributed by atoms with E-state index in [4.69, 9.17) is 9.15 Å². The lowest BCUT2D eigenvalue weighted by Crippen LogP contribution is -2.34. The zero-order chi connectivity index (χ0) is 22.8. The van der Waals surface area contributed by atoms with E-state index in [1.54, 1.807) is 24.3 Å². The number of carbonyl (C=O) groups excluding carboxylic acids is 2. The summed E-state index contributed by atoms with van der Waals surface area (Å²) in [5.41, 5.74) is 0.962. The van der Waals surface area contributed by atoms with Gasteiger partial charge in [0.1, 0.15) is 16.9 Å². The molecule has 162 valence electrons. The van der Waals surface area contributed by atoms with Gasteiger partial charge in [-0.2, -0.15) is 0 Å². The fourth-order valence-corrected chi connectivity index (χ4v) is 2.99. The van der Waals surface area contributed by atoms with E-state index in [9.17, 15) is 14.4 Å². The van der Waals surface area contributed by atoms with Crippen LogP contribution in [0.3, 0.4) is 0 Å². The molecule has 2 aromatic carbocycles. The molecule has 1 heterocycles. The summed E-state index contributed by atoms with van der Waals surface area (Å²) in [6.07, 6.45) is 0.748. The topological polar surface area (TPSA) is 85.6 Å². The molecule has 1 aromatic heterocycles. The fourth-order valence-electron chi connectivity index (χ4n) is 2.99. The number of ether oxygens (including phenoxy) is 1. The fraction of sp³-hybridized carbons (Fsp3) is 0.320. The Labute approximate surface area is 181 Å². The second-order valence-electron chi connectivity index (χ2n) is 8.65. The molecule has 1 unspecified atom stereocenters. The Kier molecular flexibility index (Phi) is 6.29. The second kappa shape index (κ2) is 8.76. The molecule has 0 saturated carbocycles. The number of esters is 1. The van der Waals surface area contributed by atoms with Gasteiger partial charge in [-0.15, -0.1) is 0 Å². The largest absolute Gasteiger partial charge is 0.423 e. The van der Waals surface area contributed by atoms with Gasteiger partial charge in [-0.05, 0) is 54.7 Å². The van der Waals surface area contributed by atoms with Crippen molar-refractivity contribution in [2.45, 2.75) is 52.5 Å². The highest BCUT2D eigenvalue weighted by Crippen LogP contribution is 2.24. The molecule has 1 N–H and O–H groups in total. The third kappa shape index (κ3) is 5.20. The molecular formula is C25H27NO5. The number of fused-ring (bicyclic) bond motifs is 1. The third-order valence-corrected chi connectivity index (χ3v) is 5.14. The van der Waals surface area contributed by atoms with Crippen LogP contribution in [0.5, 0.6) is 5.75 Å². The van der Waals surface area contributed by atoms with E-state index >= 15 is 0 Å². The highest BCUT2D eigenvalue weighted by Gasteiger charge is 2.17. The molecule has 0 spiro atoms. The van der Waals surface area contributed by atoms with Crippen molar-refractivity contribution in [3.05, 3.63) is 75.6 Å². The molecule has 1 atom stereocenters. The molecule has 0 aliphatic heterocycles. The molecule has 0 aliphatic carbocycles. The molecule has 31 heavy (non-hydrogen) atoms. The van der Waals surface area contributed by atoms with Crippen LogP contribution >= 0.6 is 0 Å². The minimum Gasteiger partial charge on any atom is -0.423 e. The van der Waals surface area contributed by atoms with E-state index in [-0.39, 0.29) is 28.4 Å². The summed E-state index contributed by atoms with van der Waals surface area (Å²) in [7, 11) is 0. The minimum atomic E-state index is -0.741. The SMILES string of the molecule is CCC(C)NC(=O)c1cc2ccc(OC(=O)c3ccc(C(C)(C)C)cc3)cc2oc1=O. The van der Waals surface area contributed by atoms with Crippen LogP contribution in [0.25, 0.3) is 11.0 Å². The third-order valence-electron chi connectivity index (χ3n) is 5.14. The number of nitrogens with one attached hydrogen (secondary N) is 1. The molecule has 1 amide bonds. The first-order valence-electron chi connectivity index (χ1n) is 10.3. The Morgan fingerprint density at radius 3 is 2.35 bits per heavy atom. The summed E-state index contributed by atoms with van der Waals surface area (Å²) in [5.74, 6) is -0.733. The van der Waals surface area contributed by atoms with Crippen LogP contribution in [0.2, 0.25) is 0 Å². The van der Waals surface area contributed by atoms with Gasteiger partial charge in [-0.3, -0.25) is 4.79 Å². The van der Waals surface area contributed by atoms with E-state index in [0.29, 0.717) is 10.9 Å². The lowest BCUT2D eigenvalue weighted by molar-refractivity contribution is 0.0734. The van der Waals surface area contributed by atoms with Crippen LogP contribution in [0.1, 0.15) is 67.3 Å². The average molecular weight is 421 g/mol. The highest BCUT2D eigenvalue weighted by atomic mass is 16.5. The first-order valence-corrected chi connectivity index (χ1v) is 10.3. The molecule has 0 radical (unpaired) electrons. The van der Waals surface area contributed by atoms with Gasteiger partial charge in [0, 0.05) is 17.5 Å². The Bertz CT molecular complexity index is 1170. The standard InChI is InChI=1S/C25H27NO5/c1-6-15(2)26-22(27)20-13-17-9-12-19(14-21(17)31-24(20)29)30-23(28)16-7-10-18(11-8-16)25(3,4)5/h7-15H,6H2,1-5H3,(H,26,27). The molecule has 0 fully saturated rings. The Morgan fingerprint density at radius 1 is 1.06 bits per heavy atom. The van der Waals surface area contributed by atoms with Crippen LogP contribution in [0.4, 0.5) is 0 Å². The predicted octanol–water partition coefficient (Wildman–Crippen LogP) is 4.84. The average Bonchev–Trinajstić information content (AvgIpc) is 2.72. The van der Waals surface area contributed by atoms with Crippen LogP contribution in [0, 0.1) is 0 Å². The monoisotopic (exact) mass is 421 g/mol. The predicted molar refractivity (Wildman–Crippen MR) is 120 cm³/mol. The number of rotatable bonds is 5. The molecule has 6 nitrogen and oxygen atoms in total. The zero-order valence-corrected chi connectivity index (χ0v) is 18.4. The van der Waals surface area contributed by atoms with Gasteiger partial charge in [0.05, 0.1) is 5.56 Å². The van der Waals surface area contributed by atoms with Crippen LogP contribution in [0.15, 0.2) is 57.7 Å². The van der Waals surface area contributed by atoms with Gasteiger partial charge in [-0.25, -0.2) is 9.59 Å². The lowest BCUT2D eigenvalue weighted by Gasteiger charge is -2.18. The number of hydrogen-bond acceptors (Lipinski definition) is 5. The number of benzene rings is 2. The second-order valence-corrected chi connectivity index (χ2v) is 8.65. The van der Waals surface area contributed by atoms with Gasteiger partial charge in [0.25, 0.3) is 5.91 Å². The van der Waals surface area contributed by atoms with Crippen LogP contribution in [-0.2, 0) is 5.41 Å². The van der Waals surface area contributed by atoms with Gasteiger partial charge in [0.2, 0.25) is 0 Å². The summed E-state index contributed by atoms with van der Waals surface area (Å²) in [4.78, 5) is 37.1. The van der Waals surface area contributed by atoms with Crippen molar-refractivity contribution >= 4 is 22.8 Å². The maximum Gasteiger partial charge on any atom is 0.349 e. The van der Waals surface area contributed by atoms with Crippen molar-refractivity contribution in [3.8, 4) is 5.75 Å². The Balaban J connectivity index is 1.81. The van der Waals surface area contributed by atoms with E-state index < -0.39 is 17.5 Å². The number of carbonyl (C=O) groups is 2. The first kappa shape index (κ1) is 22.3. The van der Waals surface area contributed by atoms with Gasteiger partial charge in [0.15, 0.2) is 0 Å². The summed E-state index contributed by atoms with van der Waals surface area (Å²) in [6, 6.07) is 13.4. The van der Waals surface area contributed by atoms with E-state index in [1.165, 1.54) is 12.1 Å². The molecular weight excluding hydrogens is 394 g/mol. The molecule has 3 rings (SSSR count). The molecule has 0 aliphatic rings. The quantitative estimate of drug-likeness (QED) is 0.362. The van der Waals surface area contributed by atoms with Gasteiger partial charge in [-0.1, -0.05) is 39.8 Å². The van der Waals surface area contributed by atoms with Crippen molar-refractivity contribution in [1.29, 1.82) is 0 Å². The first-order chi connectivity index (χ1) is 14.6. The molecule has 0 saturated heterocycles. The highest BCUT2D eigenvalue weighted by molar-refractivity contribution is 5.97. The maximum absolute atomic E-state index is 12.5. The van der Waals surface area contributed by atoms with Crippen molar-refractivity contribution < 1.29 is 18.7 Å². The Morgan fingerprint density at radius 2 is 1.74 bits per heavy atom. The molecule has 3 aromatic rings. The van der Waals surface area contributed by atoms with E-state index in [2.05, 4.69) is 26.1 Å². The molecule has 6 heteroatoms. The molecule has 0 bridgehead atoms. The smallest absolute Gasteiger partial charge is 0.349 e. The van der Waals surface area contributed by atoms with Gasteiger partial charge >= 0.3 is 11.6 Å². The van der Waals surface area contributed by atoms with Crippen molar-refractivity contribution in [1.82, 2.24) is 5.32 Å². The zero-order valence-electron chi connectivity index (χ0n) is 18.4. The van der Waals surface area contributed by atoms with Crippen LogP contribution in [-0.4, -0.2) is 17.9 Å². The number of hydrogen-bond donors (Lipinski definition) is 1. The summed E-state index contributed by atoms with van der Waals surface area (Å²) < 4.78 is 10.7. The summed E-state index contributed by atoms with van der Waals surface area (Å²) >= 11 is 0. The van der Waals surface area contributed by atoms with E-state index in [0.717, 1.165) is 12.0 Å². The van der Waals surface area contributed by atoms with Crippen molar-refractivity contribution in [3.63, 3.8) is 0 Å². The van der Waals surface area contributed by atoms with Crippen molar-refractivity contribution in [2.75, 3.05) is 0 Å². The Hall–Kier alpha value is -3.41. The summed E-state index contributed by atoms with van der Waals surface area (Å²) in [6.45, 7) is 10.1. The van der Waals surface area contributed by atoms with E-state index in [1.807, 2.05) is 26.0 Å².